The number of benzene rings is 1. The molecule has 0 spiro atoms. The Morgan fingerprint density at radius 1 is 1.28 bits per heavy atom. The van der Waals surface area contributed by atoms with Gasteiger partial charge in [-0.25, -0.2) is 0 Å². The molecule has 3 rings (SSSR count). The number of fused-ring (bicyclic) bond motifs is 1. The van der Waals surface area contributed by atoms with E-state index in [0.717, 1.165) is 11.8 Å². The number of rotatable bonds is 4. The molecule has 1 aromatic carbocycles. The molecule has 1 aromatic rings. The Labute approximate surface area is 105 Å². The van der Waals surface area contributed by atoms with Crippen molar-refractivity contribution < 1.29 is 23.7 Å². The average molecular weight is 250 g/mol. The van der Waals surface area contributed by atoms with Gasteiger partial charge in [0.05, 0.1) is 6.61 Å². The molecular weight excluding hydrogens is 236 g/mol. The molecule has 0 radical (unpaired) electrons. The summed E-state index contributed by atoms with van der Waals surface area (Å²) >= 11 is 0. The second-order valence-corrected chi connectivity index (χ2v) is 4.28. The molecule has 4 atom stereocenters. The zero-order valence-corrected chi connectivity index (χ0v) is 9.73. The third-order valence-electron chi connectivity index (χ3n) is 3.12. The maximum absolute atomic E-state index is 10.9. The minimum atomic E-state index is -0.621. The topological polar surface area (TPSA) is 54.0 Å². The van der Waals surface area contributed by atoms with Crippen LogP contribution < -0.4 is 0 Å². The summed E-state index contributed by atoms with van der Waals surface area (Å²) in [5.74, 6) is 0. The van der Waals surface area contributed by atoms with E-state index in [2.05, 4.69) is 0 Å². The smallest absolute Gasteiger partial charge is 0.190 e. The van der Waals surface area contributed by atoms with Crippen LogP contribution in [0.15, 0.2) is 30.3 Å². The minimum absolute atomic E-state index is 0.187. The Balaban J connectivity index is 1.65. The highest BCUT2D eigenvalue weighted by molar-refractivity contribution is 5.58. The van der Waals surface area contributed by atoms with Crippen molar-refractivity contribution in [3.8, 4) is 0 Å². The van der Waals surface area contributed by atoms with E-state index in [1.54, 1.807) is 0 Å². The Kier molecular flexibility index (Phi) is 3.38. The van der Waals surface area contributed by atoms with Gasteiger partial charge in [0, 0.05) is 0 Å². The van der Waals surface area contributed by atoms with Gasteiger partial charge in [-0.05, 0) is 5.56 Å². The maximum Gasteiger partial charge on any atom is 0.190 e. The standard InChI is InChI=1S/C13H14O5/c14-6-10-11(12-13(18-10)17-8-16-12)15-7-9-4-2-1-3-5-9/h1-6,10-13H,7-8H2/t10-,11-,12+,13+/m0/s1. The second kappa shape index (κ2) is 5.16. The molecule has 96 valence electrons. The van der Waals surface area contributed by atoms with Crippen LogP contribution in [0.5, 0.6) is 0 Å². The van der Waals surface area contributed by atoms with Crippen LogP contribution in [-0.2, 0) is 30.3 Å². The van der Waals surface area contributed by atoms with Crippen LogP contribution in [0.1, 0.15) is 5.56 Å². The maximum atomic E-state index is 10.9. The Bertz CT molecular complexity index is 407. The first kappa shape index (κ1) is 11.8. The van der Waals surface area contributed by atoms with Crippen LogP contribution in [0, 0.1) is 0 Å². The summed E-state index contributed by atoms with van der Waals surface area (Å²) in [6, 6.07) is 9.77. The summed E-state index contributed by atoms with van der Waals surface area (Å²) in [5.41, 5.74) is 1.05. The Morgan fingerprint density at radius 3 is 2.89 bits per heavy atom. The van der Waals surface area contributed by atoms with Crippen molar-refractivity contribution in [3.63, 3.8) is 0 Å². The number of carbonyl (C=O) groups excluding carboxylic acids is 1. The van der Waals surface area contributed by atoms with Crippen LogP contribution in [0.2, 0.25) is 0 Å². The molecule has 0 bridgehead atoms. The molecule has 2 fully saturated rings. The summed E-state index contributed by atoms with van der Waals surface area (Å²) in [7, 11) is 0. The van der Waals surface area contributed by atoms with E-state index in [1.807, 2.05) is 30.3 Å². The van der Waals surface area contributed by atoms with Gasteiger partial charge in [-0.3, -0.25) is 0 Å². The van der Waals surface area contributed by atoms with E-state index >= 15 is 0 Å². The second-order valence-electron chi connectivity index (χ2n) is 4.28. The van der Waals surface area contributed by atoms with Gasteiger partial charge < -0.3 is 23.7 Å². The van der Waals surface area contributed by atoms with Crippen molar-refractivity contribution in [1.29, 1.82) is 0 Å². The van der Waals surface area contributed by atoms with Crippen molar-refractivity contribution in [2.45, 2.75) is 31.2 Å². The van der Waals surface area contributed by atoms with Gasteiger partial charge in [0.1, 0.15) is 18.3 Å². The molecule has 0 saturated carbocycles. The highest BCUT2D eigenvalue weighted by Crippen LogP contribution is 2.30. The predicted molar refractivity (Wildman–Crippen MR) is 60.6 cm³/mol. The van der Waals surface area contributed by atoms with E-state index in [9.17, 15) is 4.79 Å². The summed E-state index contributed by atoms with van der Waals surface area (Å²) in [6.07, 6.45) is -1.09. The molecule has 2 aliphatic heterocycles. The molecule has 2 saturated heterocycles. The minimum Gasteiger partial charge on any atom is -0.367 e. The fraction of sp³-hybridized carbons (Fsp3) is 0.462. The van der Waals surface area contributed by atoms with E-state index in [1.165, 1.54) is 0 Å². The summed E-state index contributed by atoms with van der Waals surface area (Å²) < 4.78 is 21.7. The largest absolute Gasteiger partial charge is 0.367 e. The zero-order chi connectivity index (χ0) is 12.4. The fourth-order valence-electron chi connectivity index (χ4n) is 2.21. The number of carbonyl (C=O) groups is 1. The molecule has 0 aliphatic carbocycles. The van der Waals surface area contributed by atoms with Crippen molar-refractivity contribution in [2.75, 3.05) is 6.79 Å². The molecule has 0 unspecified atom stereocenters. The van der Waals surface area contributed by atoms with Crippen LogP contribution in [0.25, 0.3) is 0 Å². The molecule has 2 aliphatic rings. The molecule has 0 N–H and O–H groups in total. The summed E-state index contributed by atoms with van der Waals surface area (Å²) in [6.45, 7) is 0.609. The summed E-state index contributed by atoms with van der Waals surface area (Å²) in [4.78, 5) is 10.9. The molecule has 18 heavy (non-hydrogen) atoms. The number of aldehydes is 1. The van der Waals surface area contributed by atoms with Gasteiger partial charge in [0.15, 0.2) is 19.4 Å². The fourth-order valence-corrected chi connectivity index (χ4v) is 2.21. The third kappa shape index (κ3) is 2.18. The lowest BCUT2D eigenvalue weighted by atomic mass is 10.1. The zero-order valence-electron chi connectivity index (χ0n) is 9.73. The number of hydrogen-bond acceptors (Lipinski definition) is 5. The van der Waals surface area contributed by atoms with Crippen LogP contribution in [0.4, 0.5) is 0 Å². The normalized spacial score (nSPS) is 34.4. The van der Waals surface area contributed by atoms with Gasteiger partial charge >= 0.3 is 0 Å². The average Bonchev–Trinajstić information content (AvgIpc) is 2.98. The van der Waals surface area contributed by atoms with Crippen molar-refractivity contribution in [2.24, 2.45) is 0 Å². The van der Waals surface area contributed by atoms with Gasteiger partial charge in [-0.2, -0.15) is 0 Å². The molecule has 0 amide bonds. The molecular formula is C13H14O5. The van der Waals surface area contributed by atoms with E-state index in [4.69, 9.17) is 18.9 Å². The Hall–Kier alpha value is -1.27. The lowest BCUT2D eigenvalue weighted by Crippen LogP contribution is -2.35. The quantitative estimate of drug-likeness (QED) is 0.742. The van der Waals surface area contributed by atoms with Gasteiger partial charge in [-0.15, -0.1) is 0 Å². The van der Waals surface area contributed by atoms with Crippen molar-refractivity contribution in [3.05, 3.63) is 35.9 Å². The van der Waals surface area contributed by atoms with Gasteiger partial charge in [-0.1, -0.05) is 30.3 Å². The highest BCUT2D eigenvalue weighted by Gasteiger charge is 2.50. The van der Waals surface area contributed by atoms with Crippen LogP contribution in [-0.4, -0.2) is 37.7 Å². The summed E-state index contributed by atoms with van der Waals surface area (Å²) in [5, 5.41) is 0. The van der Waals surface area contributed by atoms with Crippen molar-refractivity contribution >= 4 is 6.29 Å². The SMILES string of the molecule is O=C[C@@H]1O[C@H]2OCO[C@@H]2[C@H]1OCc1ccccc1. The lowest BCUT2D eigenvalue weighted by Gasteiger charge is -2.18. The first-order chi connectivity index (χ1) is 8.88. The van der Waals surface area contributed by atoms with Gasteiger partial charge in [0.25, 0.3) is 0 Å². The lowest BCUT2D eigenvalue weighted by molar-refractivity contribution is -0.148. The molecule has 5 nitrogen and oxygen atoms in total. The third-order valence-corrected chi connectivity index (χ3v) is 3.12. The van der Waals surface area contributed by atoms with E-state index < -0.39 is 18.5 Å². The molecule has 2 heterocycles. The molecule has 5 heteroatoms. The van der Waals surface area contributed by atoms with Crippen LogP contribution in [0.3, 0.4) is 0 Å². The molecule has 0 aromatic heterocycles. The highest BCUT2D eigenvalue weighted by atomic mass is 16.8. The first-order valence-electron chi connectivity index (χ1n) is 5.88. The Morgan fingerprint density at radius 2 is 2.11 bits per heavy atom. The van der Waals surface area contributed by atoms with E-state index in [0.29, 0.717) is 6.61 Å². The van der Waals surface area contributed by atoms with Crippen LogP contribution >= 0.6 is 0 Å². The first-order valence-corrected chi connectivity index (χ1v) is 5.88. The monoisotopic (exact) mass is 250 g/mol. The number of ether oxygens (including phenoxy) is 4. The van der Waals surface area contributed by atoms with E-state index in [-0.39, 0.29) is 12.9 Å². The van der Waals surface area contributed by atoms with Crippen molar-refractivity contribution in [1.82, 2.24) is 0 Å². The number of hydrogen-bond donors (Lipinski definition) is 0. The predicted octanol–water partition coefficient (Wildman–Crippen LogP) is 0.868. The van der Waals surface area contributed by atoms with Gasteiger partial charge in [0.2, 0.25) is 0 Å².